The summed E-state index contributed by atoms with van der Waals surface area (Å²) in [6.45, 7) is 4.66. The molecule has 1 heterocycles. The summed E-state index contributed by atoms with van der Waals surface area (Å²) in [4.78, 5) is 4.60. The lowest BCUT2D eigenvalue weighted by Crippen LogP contribution is -2.20. The van der Waals surface area contributed by atoms with E-state index in [1.165, 1.54) is 0 Å². The van der Waals surface area contributed by atoms with Crippen LogP contribution in [0.3, 0.4) is 0 Å². The van der Waals surface area contributed by atoms with Crippen LogP contribution in [0.25, 0.3) is 0 Å². The number of ether oxygens (including phenoxy) is 1. The molecule has 0 aliphatic carbocycles. The molecule has 0 aliphatic rings. The average Bonchev–Trinajstić information content (AvgIpc) is 2.42. The number of aromatic nitrogens is 1. The van der Waals surface area contributed by atoms with Gasteiger partial charge in [0.25, 0.3) is 0 Å². The molecule has 0 spiro atoms. The molecule has 1 aromatic carbocycles. The highest BCUT2D eigenvalue weighted by Gasteiger charge is 2.17. The van der Waals surface area contributed by atoms with Gasteiger partial charge in [0.05, 0.1) is 18.3 Å². The largest absolute Gasteiger partial charge is 0.494 e. The van der Waals surface area contributed by atoms with Crippen molar-refractivity contribution in [2.24, 2.45) is 0 Å². The maximum absolute atomic E-state index is 5.70. The number of nitrogens with zero attached hydrogens (tertiary/aromatic N) is 1. The van der Waals surface area contributed by atoms with Crippen molar-refractivity contribution in [3.05, 3.63) is 59.4 Å². The van der Waals surface area contributed by atoms with Crippen LogP contribution in [-0.2, 0) is 0 Å². The van der Waals surface area contributed by atoms with Crippen LogP contribution in [0.1, 0.15) is 29.9 Å². The summed E-state index contributed by atoms with van der Waals surface area (Å²) < 4.78 is 5.70. The third kappa shape index (κ3) is 3.12. The Morgan fingerprint density at radius 3 is 2.63 bits per heavy atom. The average molecular weight is 256 g/mol. The fourth-order valence-corrected chi connectivity index (χ4v) is 2.19. The van der Waals surface area contributed by atoms with Gasteiger partial charge in [0, 0.05) is 11.3 Å². The SMILES string of the molecule is CCOc1ccccc1C(NC)c1cccc(C)n1. The van der Waals surface area contributed by atoms with E-state index in [0.29, 0.717) is 6.61 Å². The van der Waals surface area contributed by atoms with E-state index in [9.17, 15) is 0 Å². The maximum atomic E-state index is 5.70. The first-order valence-electron chi connectivity index (χ1n) is 6.58. The van der Waals surface area contributed by atoms with Gasteiger partial charge in [-0.1, -0.05) is 24.3 Å². The van der Waals surface area contributed by atoms with Crippen molar-refractivity contribution in [1.82, 2.24) is 10.3 Å². The Hall–Kier alpha value is -1.87. The number of nitrogens with one attached hydrogen (secondary N) is 1. The standard InChI is InChI=1S/C16H20N2O/c1-4-19-15-11-6-5-9-13(15)16(17-3)14-10-7-8-12(2)18-14/h5-11,16-17H,4H2,1-3H3. The third-order valence-electron chi connectivity index (χ3n) is 3.02. The van der Waals surface area contributed by atoms with Gasteiger partial charge in [-0.05, 0) is 39.1 Å². The van der Waals surface area contributed by atoms with Crippen LogP contribution in [0, 0.1) is 6.92 Å². The minimum Gasteiger partial charge on any atom is -0.494 e. The number of hydrogen-bond acceptors (Lipinski definition) is 3. The topological polar surface area (TPSA) is 34.1 Å². The molecule has 2 aromatic rings. The predicted octanol–water partition coefficient (Wildman–Crippen LogP) is 3.10. The van der Waals surface area contributed by atoms with Gasteiger partial charge in [0.15, 0.2) is 0 Å². The van der Waals surface area contributed by atoms with Crippen molar-refractivity contribution in [3.63, 3.8) is 0 Å². The second kappa shape index (κ2) is 6.34. The summed E-state index contributed by atoms with van der Waals surface area (Å²) in [6.07, 6.45) is 0. The molecule has 0 saturated heterocycles. The number of aryl methyl sites for hydroxylation is 1. The summed E-state index contributed by atoms with van der Waals surface area (Å²) in [7, 11) is 1.94. The van der Waals surface area contributed by atoms with E-state index in [2.05, 4.69) is 16.4 Å². The smallest absolute Gasteiger partial charge is 0.124 e. The van der Waals surface area contributed by atoms with Gasteiger partial charge in [0.1, 0.15) is 5.75 Å². The Morgan fingerprint density at radius 2 is 1.95 bits per heavy atom. The Balaban J connectivity index is 2.42. The van der Waals surface area contributed by atoms with Gasteiger partial charge in [-0.15, -0.1) is 0 Å². The van der Waals surface area contributed by atoms with Crippen LogP contribution >= 0.6 is 0 Å². The van der Waals surface area contributed by atoms with Crippen molar-refractivity contribution in [2.75, 3.05) is 13.7 Å². The Labute approximate surface area is 114 Å². The molecule has 1 aromatic heterocycles. The minimum absolute atomic E-state index is 0.0441. The summed E-state index contributed by atoms with van der Waals surface area (Å²) in [5.41, 5.74) is 3.14. The van der Waals surface area contributed by atoms with E-state index >= 15 is 0 Å². The summed E-state index contributed by atoms with van der Waals surface area (Å²) in [5.74, 6) is 0.910. The third-order valence-corrected chi connectivity index (χ3v) is 3.02. The molecule has 1 unspecified atom stereocenters. The molecular formula is C16H20N2O. The van der Waals surface area contributed by atoms with E-state index in [0.717, 1.165) is 22.7 Å². The van der Waals surface area contributed by atoms with Crippen LogP contribution in [0.2, 0.25) is 0 Å². The molecule has 3 heteroatoms. The van der Waals surface area contributed by atoms with Crippen molar-refractivity contribution in [2.45, 2.75) is 19.9 Å². The molecule has 0 aliphatic heterocycles. The van der Waals surface area contributed by atoms with E-state index in [4.69, 9.17) is 4.74 Å². The van der Waals surface area contributed by atoms with E-state index in [-0.39, 0.29) is 6.04 Å². The molecule has 3 nitrogen and oxygen atoms in total. The molecule has 19 heavy (non-hydrogen) atoms. The minimum atomic E-state index is 0.0441. The first-order valence-corrected chi connectivity index (χ1v) is 6.58. The molecular weight excluding hydrogens is 236 g/mol. The lowest BCUT2D eigenvalue weighted by molar-refractivity contribution is 0.334. The quantitative estimate of drug-likeness (QED) is 0.892. The van der Waals surface area contributed by atoms with Gasteiger partial charge in [-0.25, -0.2) is 0 Å². The number of rotatable bonds is 5. The predicted molar refractivity (Wildman–Crippen MR) is 77.5 cm³/mol. The van der Waals surface area contributed by atoms with E-state index in [1.807, 2.05) is 57.3 Å². The normalized spacial score (nSPS) is 12.2. The number of pyridine rings is 1. The molecule has 100 valence electrons. The Kier molecular flexibility index (Phi) is 4.53. The number of hydrogen-bond donors (Lipinski definition) is 1. The first kappa shape index (κ1) is 13.6. The van der Waals surface area contributed by atoms with E-state index in [1.54, 1.807) is 0 Å². The molecule has 1 N–H and O–H groups in total. The zero-order chi connectivity index (χ0) is 13.7. The van der Waals surface area contributed by atoms with E-state index < -0.39 is 0 Å². The molecule has 0 amide bonds. The second-order valence-corrected chi connectivity index (χ2v) is 4.40. The monoisotopic (exact) mass is 256 g/mol. The zero-order valence-corrected chi connectivity index (χ0v) is 11.7. The zero-order valence-electron chi connectivity index (χ0n) is 11.7. The van der Waals surface area contributed by atoms with Crippen molar-refractivity contribution < 1.29 is 4.74 Å². The first-order chi connectivity index (χ1) is 9.26. The van der Waals surface area contributed by atoms with Crippen molar-refractivity contribution in [3.8, 4) is 5.75 Å². The lowest BCUT2D eigenvalue weighted by Gasteiger charge is -2.19. The van der Waals surface area contributed by atoms with Crippen LogP contribution in [0.5, 0.6) is 5.75 Å². The second-order valence-electron chi connectivity index (χ2n) is 4.40. The van der Waals surface area contributed by atoms with Crippen LogP contribution in [0.15, 0.2) is 42.5 Å². The molecule has 0 bridgehead atoms. The van der Waals surface area contributed by atoms with Crippen molar-refractivity contribution >= 4 is 0 Å². The van der Waals surface area contributed by atoms with Crippen LogP contribution < -0.4 is 10.1 Å². The molecule has 0 fully saturated rings. The van der Waals surface area contributed by atoms with Gasteiger partial charge < -0.3 is 10.1 Å². The van der Waals surface area contributed by atoms with Crippen molar-refractivity contribution in [1.29, 1.82) is 0 Å². The molecule has 1 atom stereocenters. The maximum Gasteiger partial charge on any atom is 0.124 e. The Morgan fingerprint density at radius 1 is 1.16 bits per heavy atom. The Bertz CT molecular complexity index is 540. The molecule has 2 rings (SSSR count). The fraction of sp³-hybridized carbons (Fsp3) is 0.312. The fourth-order valence-electron chi connectivity index (χ4n) is 2.19. The molecule has 0 saturated carbocycles. The lowest BCUT2D eigenvalue weighted by atomic mass is 10.0. The molecule has 0 radical (unpaired) electrons. The highest BCUT2D eigenvalue weighted by atomic mass is 16.5. The highest BCUT2D eigenvalue weighted by molar-refractivity contribution is 5.40. The van der Waals surface area contributed by atoms with Gasteiger partial charge >= 0.3 is 0 Å². The van der Waals surface area contributed by atoms with Crippen LogP contribution in [-0.4, -0.2) is 18.6 Å². The summed E-state index contributed by atoms with van der Waals surface area (Å²) >= 11 is 0. The summed E-state index contributed by atoms with van der Waals surface area (Å²) in [5, 5.41) is 3.32. The number of benzene rings is 1. The van der Waals surface area contributed by atoms with Gasteiger partial charge in [-0.3, -0.25) is 4.98 Å². The van der Waals surface area contributed by atoms with Gasteiger partial charge in [-0.2, -0.15) is 0 Å². The van der Waals surface area contributed by atoms with Crippen LogP contribution in [0.4, 0.5) is 0 Å². The number of para-hydroxylation sites is 1. The highest BCUT2D eigenvalue weighted by Crippen LogP contribution is 2.28. The van der Waals surface area contributed by atoms with Gasteiger partial charge in [0.2, 0.25) is 0 Å². The summed E-state index contributed by atoms with van der Waals surface area (Å²) in [6, 6.07) is 14.2.